The molecule has 6 N–H and O–H groups in total. The average molecular weight is 410 g/mol. The fourth-order valence-electron chi connectivity index (χ4n) is 3.34. The van der Waals surface area contributed by atoms with Gasteiger partial charge in [-0.3, -0.25) is 0 Å². The number of aliphatic hydroxyl groups is 3. The number of phenolic OH excluding ortho intramolecular Hbond substituents is 1. The number of aromatic hydroxyl groups is 1. The topological polar surface area (TPSA) is 141 Å². The van der Waals surface area contributed by atoms with E-state index in [9.17, 15) is 25.2 Å². The highest BCUT2D eigenvalue weighted by molar-refractivity contribution is 7.80. The van der Waals surface area contributed by atoms with Crippen molar-refractivity contribution in [3.8, 4) is 5.75 Å². The molecule has 0 aromatic heterocycles. The first-order valence-electron chi connectivity index (χ1n) is 8.77. The lowest BCUT2D eigenvalue weighted by molar-refractivity contribution is -0.139. The molecular weight excluding hydrogens is 388 g/mol. The summed E-state index contributed by atoms with van der Waals surface area (Å²) in [6.07, 6.45) is -4.88. The van der Waals surface area contributed by atoms with Crippen molar-refractivity contribution in [2.24, 2.45) is 0 Å². The second-order valence-corrected chi connectivity index (χ2v) is 6.84. The maximum absolute atomic E-state index is 12.8. The van der Waals surface area contributed by atoms with Gasteiger partial charge >= 0.3 is 5.97 Å². The smallest absolute Gasteiger partial charge is 0.338 e. The Bertz CT molecular complexity index is 800. The van der Waals surface area contributed by atoms with Crippen molar-refractivity contribution >= 4 is 23.3 Å². The van der Waals surface area contributed by atoms with Gasteiger partial charge in [0, 0.05) is 0 Å². The molecule has 1 fully saturated rings. The zero-order valence-corrected chi connectivity index (χ0v) is 15.8. The number of nitrogens with one attached hydrogen (secondary N) is 2. The second kappa shape index (κ2) is 8.41. The highest BCUT2D eigenvalue weighted by Crippen LogP contribution is 2.35. The van der Waals surface area contributed by atoms with E-state index >= 15 is 0 Å². The van der Waals surface area contributed by atoms with Gasteiger partial charge in [0.25, 0.3) is 0 Å². The van der Waals surface area contributed by atoms with Gasteiger partial charge in [0.2, 0.25) is 0 Å². The predicted octanol–water partition coefficient (Wildman–Crippen LogP) is -0.790. The molecule has 1 aromatic carbocycles. The Labute approximate surface area is 166 Å². The summed E-state index contributed by atoms with van der Waals surface area (Å²) in [5.41, 5.74) is 0.769. The van der Waals surface area contributed by atoms with Crippen LogP contribution in [0.5, 0.6) is 5.75 Å². The summed E-state index contributed by atoms with van der Waals surface area (Å²) in [6.45, 7) is 1.26. The summed E-state index contributed by atoms with van der Waals surface area (Å²) >= 11 is 5.24. The van der Waals surface area contributed by atoms with E-state index < -0.39 is 43.0 Å². The SMILES string of the molecule is CCOC(=O)C1=C([C@@H]2O[C@H](CO)[C@@H](O)[C@H]2O)NC(=S)N[C@H]1c1cccc(O)c1. The third-order valence-corrected chi connectivity index (χ3v) is 4.85. The van der Waals surface area contributed by atoms with Crippen LogP contribution >= 0.6 is 12.2 Å². The van der Waals surface area contributed by atoms with Crippen molar-refractivity contribution in [1.29, 1.82) is 0 Å². The van der Waals surface area contributed by atoms with E-state index in [1.807, 2.05) is 0 Å². The molecule has 0 saturated carbocycles. The predicted molar refractivity (Wildman–Crippen MR) is 101 cm³/mol. The molecule has 2 heterocycles. The maximum Gasteiger partial charge on any atom is 0.338 e. The van der Waals surface area contributed by atoms with Crippen LogP contribution in [0.2, 0.25) is 0 Å². The maximum atomic E-state index is 12.8. The van der Waals surface area contributed by atoms with Gasteiger partial charge in [-0.2, -0.15) is 0 Å². The van der Waals surface area contributed by atoms with Crippen LogP contribution in [0.4, 0.5) is 0 Å². The molecule has 3 rings (SSSR count). The molecule has 10 heteroatoms. The molecule has 0 aliphatic carbocycles. The van der Waals surface area contributed by atoms with Crippen molar-refractivity contribution in [2.75, 3.05) is 13.2 Å². The molecule has 1 aromatic rings. The lowest BCUT2D eigenvalue weighted by Crippen LogP contribution is -2.50. The number of esters is 1. The molecule has 2 aliphatic heterocycles. The van der Waals surface area contributed by atoms with Crippen LogP contribution in [0.3, 0.4) is 0 Å². The molecule has 152 valence electrons. The van der Waals surface area contributed by atoms with Crippen LogP contribution in [-0.4, -0.2) is 69.1 Å². The first-order chi connectivity index (χ1) is 13.4. The Hall–Kier alpha value is -2.24. The monoisotopic (exact) mass is 410 g/mol. The van der Waals surface area contributed by atoms with Crippen LogP contribution in [0.25, 0.3) is 0 Å². The van der Waals surface area contributed by atoms with Crippen molar-refractivity contribution in [2.45, 2.75) is 37.4 Å². The Kier molecular flexibility index (Phi) is 6.16. The molecule has 0 bridgehead atoms. The molecule has 28 heavy (non-hydrogen) atoms. The van der Waals surface area contributed by atoms with Gasteiger partial charge in [0.1, 0.15) is 30.2 Å². The van der Waals surface area contributed by atoms with Gasteiger partial charge in [-0.25, -0.2) is 4.79 Å². The van der Waals surface area contributed by atoms with Gasteiger partial charge in [-0.15, -0.1) is 0 Å². The summed E-state index contributed by atoms with van der Waals surface area (Å²) in [6, 6.07) is 5.49. The third kappa shape index (κ3) is 3.82. The molecule has 9 nitrogen and oxygen atoms in total. The summed E-state index contributed by atoms with van der Waals surface area (Å²) in [4.78, 5) is 12.8. The van der Waals surface area contributed by atoms with E-state index in [-0.39, 0.29) is 28.7 Å². The fraction of sp³-hybridized carbons (Fsp3) is 0.444. The Morgan fingerprint density at radius 2 is 2.07 bits per heavy atom. The Morgan fingerprint density at radius 3 is 2.68 bits per heavy atom. The lowest BCUT2D eigenvalue weighted by atomic mass is 9.92. The van der Waals surface area contributed by atoms with Crippen LogP contribution < -0.4 is 10.6 Å². The van der Waals surface area contributed by atoms with E-state index in [0.29, 0.717) is 5.56 Å². The molecule has 0 unspecified atom stereocenters. The van der Waals surface area contributed by atoms with Gasteiger partial charge in [-0.05, 0) is 36.8 Å². The number of thiocarbonyl (C=S) groups is 1. The number of phenols is 1. The third-order valence-electron chi connectivity index (χ3n) is 4.63. The molecule has 0 spiro atoms. The number of hydrogen-bond donors (Lipinski definition) is 6. The zero-order valence-electron chi connectivity index (χ0n) is 15.0. The fourth-order valence-corrected chi connectivity index (χ4v) is 3.57. The van der Waals surface area contributed by atoms with E-state index in [1.165, 1.54) is 12.1 Å². The number of benzene rings is 1. The zero-order chi connectivity index (χ0) is 20.4. The number of hydrogen-bond acceptors (Lipinski definition) is 8. The minimum absolute atomic E-state index is 0.00132. The minimum Gasteiger partial charge on any atom is -0.508 e. The number of rotatable bonds is 5. The van der Waals surface area contributed by atoms with Crippen molar-refractivity contribution < 1.29 is 34.7 Å². The molecule has 5 atom stereocenters. The molecule has 0 amide bonds. The molecular formula is C18H22N2O7S. The molecule has 0 radical (unpaired) electrons. The van der Waals surface area contributed by atoms with Crippen LogP contribution in [0, 0.1) is 0 Å². The number of ether oxygens (including phenoxy) is 2. The van der Waals surface area contributed by atoms with Gasteiger partial charge < -0.3 is 40.5 Å². The van der Waals surface area contributed by atoms with Gasteiger partial charge in [0.15, 0.2) is 5.11 Å². The summed E-state index contributed by atoms with van der Waals surface area (Å²) in [5.74, 6) is -0.674. The minimum atomic E-state index is -1.39. The largest absolute Gasteiger partial charge is 0.508 e. The van der Waals surface area contributed by atoms with Crippen molar-refractivity contribution in [3.63, 3.8) is 0 Å². The van der Waals surface area contributed by atoms with Gasteiger partial charge in [0.05, 0.1) is 30.5 Å². The number of aliphatic hydroxyl groups excluding tert-OH is 3. The van der Waals surface area contributed by atoms with Crippen LogP contribution in [0.15, 0.2) is 35.5 Å². The van der Waals surface area contributed by atoms with E-state index in [0.717, 1.165) is 0 Å². The van der Waals surface area contributed by atoms with Crippen LogP contribution in [0.1, 0.15) is 18.5 Å². The number of carbonyl (C=O) groups is 1. The Balaban J connectivity index is 2.11. The van der Waals surface area contributed by atoms with E-state index in [1.54, 1.807) is 19.1 Å². The first-order valence-corrected chi connectivity index (χ1v) is 9.18. The normalized spacial score (nSPS) is 30.0. The van der Waals surface area contributed by atoms with Crippen molar-refractivity contribution in [3.05, 3.63) is 41.1 Å². The molecule has 2 aliphatic rings. The summed E-state index contributed by atoms with van der Waals surface area (Å²) in [7, 11) is 0. The van der Waals surface area contributed by atoms with Gasteiger partial charge in [-0.1, -0.05) is 12.1 Å². The van der Waals surface area contributed by atoms with E-state index in [2.05, 4.69) is 10.6 Å². The average Bonchev–Trinajstić information content (AvgIpc) is 2.95. The molecule has 1 saturated heterocycles. The van der Waals surface area contributed by atoms with E-state index in [4.69, 9.17) is 21.7 Å². The van der Waals surface area contributed by atoms with Crippen LogP contribution in [-0.2, 0) is 14.3 Å². The number of carbonyl (C=O) groups excluding carboxylic acids is 1. The Morgan fingerprint density at radius 1 is 1.32 bits per heavy atom. The van der Waals surface area contributed by atoms with Crippen molar-refractivity contribution in [1.82, 2.24) is 10.6 Å². The second-order valence-electron chi connectivity index (χ2n) is 6.43. The first kappa shape index (κ1) is 20.5. The highest BCUT2D eigenvalue weighted by atomic mass is 32.1. The standard InChI is InChI=1S/C18H22N2O7S/c1-2-26-17(25)11-12(8-4-3-5-9(22)6-8)19-18(28)20-13(11)16-15(24)14(23)10(7-21)27-16/h3-6,10,12,14-16,21-24H,2,7H2,1H3,(H2,19,20,28)/t10-,12+,14-,15-,16+/m1/s1. The highest BCUT2D eigenvalue weighted by Gasteiger charge is 2.47. The summed E-state index contributed by atoms with van der Waals surface area (Å²) < 4.78 is 10.7. The lowest BCUT2D eigenvalue weighted by Gasteiger charge is -2.33. The summed E-state index contributed by atoms with van der Waals surface area (Å²) in [5, 5.41) is 45.6. The quantitative estimate of drug-likeness (QED) is 0.270.